The highest BCUT2D eigenvalue weighted by Crippen LogP contribution is 2.39. The number of amides is 2. The summed E-state index contributed by atoms with van der Waals surface area (Å²) in [5.41, 5.74) is 9.79. The van der Waals surface area contributed by atoms with Gasteiger partial charge in [0.2, 0.25) is 5.95 Å². The quantitative estimate of drug-likeness (QED) is 0.465. The van der Waals surface area contributed by atoms with Crippen LogP contribution in [0.4, 0.5) is 5.95 Å². The summed E-state index contributed by atoms with van der Waals surface area (Å²) in [6.45, 7) is 2.64. The molecule has 2 aliphatic rings. The zero-order chi connectivity index (χ0) is 23.9. The number of primary amides is 1. The highest BCUT2D eigenvalue weighted by molar-refractivity contribution is 6.04. The molecule has 0 atom stereocenters. The van der Waals surface area contributed by atoms with Crippen LogP contribution in [-0.4, -0.2) is 62.8 Å². The van der Waals surface area contributed by atoms with E-state index in [1.165, 1.54) is 18.4 Å². The number of benzene rings is 2. The molecule has 3 N–H and O–H groups in total. The van der Waals surface area contributed by atoms with Crippen molar-refractivity contribution in [3.05, 3.63) is 71.5 Å². The Balaban J connectivity index is 1.12. The number of rotatable bonds is 5. The number of hydrogen-bond acceptors (Lipinski definition) is 6. The van der Waals surface area contributed by atoms with Gasteiger partial charge in [-0.25, -0.2) is 15.0 Å². The highest BCUT2D eigenvalue weighted by atomic mass is 16.2. The monoisotopic (exact) mass is 467 g/mol. The molecule has 6 rings (SSSR count). The van der Waals surface area contributed by atoms with Gasteiger partial charge in [0, 0.05) is 49.7 Å². The Labute approximate surface area is 202 Å². The van der Waals surface area contributed by atoms with Crippen molar-refractivity contribution >= 4 is 28.8 Å². The van der Waals surface area contributed by atoms with Crippen LogP contribution in [0.2, 0.25) is 0 Å². The van der Waals surface area contributed by atoms with Crippen molar-refractivity contribution in [3.8, 4) is 11.4 Å². The Morgan fingerprint density at radius 2 is 1.66 bits per heavy atom. The van der Waals surface area contributed by atoms with Gasteiger partial charge in [-0.3, -0.25) is 9.59 Å². The lowest BCUT2D eigenvalue weighted by molar-refractivity contribution is 0.0746. The van der Waals surface area contributed by atoms with E-state index < -0.39 is 5.91 Å². The number of nitrogens with two attached hydrogens (primary N) is 1. The molecule has 1 saturated carbocycles. The van der Waals surface area contributed by atoms with Gasteiger partial charge in [0.15, 0.2) is 0 Å². The van der Waals surface area contributed by atoms with Crippen molar-refractivity contribution in [1.29, 1.82) is 0 Å². The zero-order valence-electron chi connectivity index (χ0n) is 19.1. The van der Waals surface area contributed by atoms with Crippen LogP contribution in [0.25, 0.3) is 22.4 Å². The van der Waals surface area contributed by atoms with Gasteiger partial charge in [0.05, 0.1) is 11.1 Å². The van der Waals surface area contributed by atoms with Crippen molar-refractivity contribution in [1.82, 2.24) is 24.8 Å². The third kappa shape index (κ3) is 4.09. The van der Waals surface area contributed by atoms with Crippen molar-refractivity contribution in [2.24, 2.45) is 5.73 Å². The molecule has 9 nitrogen and oxygen atoms in total. The number of piperazine rings is 1. The average molecular weight is 468 g/mol. The Morgan fingerprint density at radius 1 is 0.943 bits per heavy atom. The molecule has 35 heavy (non-hydrogen) atoms. The fraction of sp³-hybridized carbons (Fsp3) is 0.269. The van der Waals surface area contributed by atoms with E-state index in [0.717, 1.165) is 17.0 Å². The molecule has 3 heterocycles. The van der Waals surface area contributed by atoms with Crippen LogP contribution in [-0.2, 0) is 0 Å². The number of imidazole rings is 1. The van der Waals surface area contributed by atoms with Crippen LogP contribution in [0.5, 0.6) is 0 Å². The summed E-state index contributed by atoms with van der Waals surface area (Å²) in [4.78, 5) is 45.6. The van der Waals surface area contributed by atoms with Gasteiger partial charge in [0.25, 0.3) is 11.8 Å². The van der Waals surface area contributed by atoms with Crippen molar-refractivity contribution in [3.63, 3.8) is 0 Å². The van der Waals surface area contributed by atoms with Crippen LogP contribution in [0.1, 0.15) is 45.0 Å². The summed E-state index contributed by atoms with van der Waals surface area (Å²) < 4.78 is 0. The molecule has 0 radical (unpaired) electrons. The number of hydrogen-bond donors (Lipinski definition) is 2. The molecule has 2 aromatic carbocycles. The molecule has 0 spiro atoms. The molecule has 176 valence electrons. The maximum Gasteiger partial charge on any atom is 0.253 e. The number of carbonyl (C=O) groups excluding carboxylic acids is 2. The maximum absolute atomic E-state index is 13.1. The number of aromatic amines is 1. The highest BCUT2D eigenvalue weighted by Gasteiger charge is 2.26. The lowest BCUT2D eigenvalue weighted by Crippen LogP contribution is -2.49. The van der Waals surface area contributed by atoms with Crippen LogP contribution in [0.15, 0.2) is 54.9 Å². The number of nitrogens with zero attached hydrogens (tertiary/aromatic N) is 5. The number of carbonyl (C=O) groups is 2. The first-order chi connectivity index (χ1) is 17.1. The van der Waals surface area contributed by atoms with E-state index in [0.29, 0.717) is 54.6 Å². The maximum atomic E-state index is 13.1. The SMILES string of the molecule is NC(=O)c1cccc2[nH]c(-c3ccc(C(=O)N4CCN(c5ncc(C6CC6)cn5)CC4)cc3)nc12. The number of aromatic nitrogens is 4. The number of H-pyrrole nitrogens is 1. The first kappa shape index (κ1) is 21.3. The van der Waals surface area contributed by atoms with Crippen LogP contribution < -0.4 is 10.6 Å². The second-order valence-electron chi connectivity index (χ2n) is 9.10. The summed E-state index contributed by atoms with van der Waals surface area (Å²) in [5.74, 6) is 1.48. The number of para-hydroxylation sites is 1. The molecule has 9 heteroatoms. The van der Waals surface area contributed by atoms with Crippen molar-refractivity contribution < 1.29 is 9.59 Å². The predicted octanol–water partition coefficient (Wildman–Crippen LogP) is 2.96. The summed E-state index contributed by atoms with van der Waals surface area (Å²) in [6.07, 6.45) is 6.35. The van der Waals surface area contributed by atoms with Gasteiger partial charge >= 0.3 is 0 Å². The van der Waals surface area contributed by atoms with E-state index in [1.54, 1.807) is 12.1 Å². The molecule has 4 aromatic rings. The standard InChI is InChI=1S/C26H25N7O2/c27-23(34)20-2-1-3-21-22(20)31-24(30-21)17-6-8-18(9-7-17)25(35)32-10-12-33(13-11-32)26-28-14-19(15-29-26)16-4-5-16/h1-3,6-9,14-16H,4-5,10-13H2,(H2,27,34)(H,30,31). The minimum absolute atomic E-state index is 0.00169. The lowest BCUT2D eigenvalue weighted by Gasteiger charge is -2.34. The minimum Gasteiger partial charge on any atom is -0.366 e. The minimum atomic E-state index is -0.517. The number of nitrogens with one attached hydrogen (secondary N) is 1. The van der Waals surface area contributed by atoms with Crippen LogP contribution >= 0.6 is 0 Å². The summed E-state index contributed by atoms with van der Waals surface area (Å²) in [7, 11) is 0. The molecule has 2 aromatic heterocycles. The Kier molecular flexibility index (Phi) is 5.17. The fourth-order valence-corrected chi connectivity index (χ4v) is 4.55. The predicted molar refractivity (Wildman–Crippen MR) is 132 cm³/mol. The summed E-state index contributed by atoms with van der Waals surface area (Å²) in [6, 6.07) is 12.6. The third-order valence-corrected chi connectivity index (χ3v) is 6.74. The van der Waals surface area contributed by atoms with Crippen LogP contribution in [0, 0.1) is 0 Å². The average Bonchev–Trinajstić information content (AvgIpc) is 3.66. The summed E-state index contributed by atoms with van der Waals surface area (Å²) in [5, 5.41) is 0. The largest absolute Gasteiger partial charge is 0.366 e. The molecular weight excluding hydrogens is 442 g/mol. The fourth-order valence-electron chi connectivity index (χ4n) is 4.55. The van der Waals surface area contributed by atoms with E-state index in [9.17, 15) is 9.59 Å². The first-order valence-electron chi connectivity index (χ1n) is 11.8. The summed E-state index contributed by atoms with van der Waals surface area (Å²) >= 11 is 0. The Bertz CT molecular complexity index is 1400. The molecular formula is C26H25N7O2. The van der Waals surface area contributed by atoms with Gasteiger partial charge in [0.1, 0.15) is 11.3 Å². The Hall–Kier alpha value is -4.27. The third-order valence-electron chi connectivity index (χ3n) is 6.74. The van der Waals surface area contributed by atoms with Crippen molar-refractivity contribution in [2.75, 3.05) is 31.1 Å². The topological polar surface area (TPSA) is 121 Å². The normalized spacial score (nSPS) is 16.0. The molecule has 2 fully saturated rings. The molecule has 1 saturated heterocycles. The molecule has 2 amide bonds. The second-order valence-corrected chi connectivity index (χ2v) is 9.10. The second kappa shape index (κ2) is 8.50. The van der Waals surface area contributed by atoms with E-state index in [2.05, 4.69) is 24.8 Å². The molecule has 0 bridgehead atoms. The molecule has 1 aliphatic heterocycles. The van der Waals surface area contributed by atoms with Crippen molar-refractivity contribution in [2.45, 2.75) is 18.8 Å². The van der Waals surface area contributed by atoms with E-state index in [-0.39, 0.29) is 5.91 Å². The molecule has 0 unspecified atom stereocenters. The van der Waals surface area contributed by atoms with E-state index >= 15 is 0 Å². The van der Waals surface area contributed by atoms with Gasteiger partial charge in [-0.05, 0) is 48.6 Å². The smallest absolute Gasteiger partial charge is 0.253 e. The Morgan fingerprint density at radius 3 is 2.31 bits per heavy atom. The lowest BCUT2D eigenvalue weighted by atomic mass is 10.1. The van der Waals surface area contributed by atoms with Gasteiger partial charge < -0.3 is 20.5 Å². The van der Waals surface area contributed by atoms with E-state index in [4.69, 9.17) is 5.73 Å². The number of anilines is 1. The van der Waals surface area contributed by atoms with Crippen LogP contribution in [0.3, 0.4) is 0 Å². The first-order valence-corrected chi connectivity index (χ1v) is 11.8. The van der Waals surface area contributed by atoms with Gasteiger partial charge in [-0.2, -0.15) is 0 Å². The zero-order valence-corrected chi connectivity index (χ0v) is 19.1. The van der Waals surface area contributed by atoms with E-state index in [1.807, 2.05) is 47.6 Å². The van der Waals surface area contributed by atoms with Gasteiger partial charge in [-0.15, -0.1) is 0 Å². The van der Waals surface area contributed by atoms with Gasteiger partial charge in [-0.1, -0.05) is 18.2 Å². The number of fused-ring (bicyclic) bond motifs is 1. The molecule has 1 aliphatic carbocycles.